The van der Waals surface area contributed by atoms with Gasteiger partial charge in [-0.1, -0.05) is 30.3 Å². The molecule has 0 radical (unpaired) electrons. The Morgan fingerprint density at radius 2 is 1.96 bits per heavy atom. The molecule has 0 aliphatic carbocycles. The second-order valence-corrected chi connectivity index (χ2v) is 7.86. The second-order valence-electron chi connectivity index (χ2n) is 6.77. The zero-order valence-electron chi connectivity index (χ0n) is 15.8. The molecule has 1 aromatic heterocycles. The summed E-state index contributed by atoms with van der Waals surface area (Å²) in [5.74, 6) is 0.819. The van der Waals surface area contributed by atoms with Crippen LogP contribution in [0.4, 0.5) is 5.00 Å². The fourth-order valence-corrected chi connectivity index (χ4v) is 4.63. The minimum atomic E-state index is 0.740. The number of benzene rings is 2. The van der Waals surface area contributed by atoms with Crippen LogP contribution in [0.15, 0.2) is 59.6 Å². The molecule has 5 heteroatoms. The van der Waals surface area contributed by atoms with Crippen LogP contribution in [-0.4, -0.2) is 24.8 Å². The summed E-state index contributed by atoms with van der Waals surface area (Å²) < 4.78 is 5.19. The Kier molecular flexibility index (Phi) is 5.52. The average molecular weight is 388 g/mol. The molecule has 1 aliphatic rings. The van der Waals surface area contributed by atoms with Gasteiger partial charge in [-0.05, 0) is 47.4 Å². The highest BCUT2D eigenvalue weighted by atomic mass is 32.1. The third kappa shape index (κ3) is 3.99. The van der Waals surface area contributed by atoms with Crippen molar-refractivity contribution in [2.24, 2.45) is 4.99 Å². The minimum absolute atomic E-state index is 0.740. The monoisotopic (exact) mass is 387 g/mol. The lowest BCUT2D eigenvalue weighted by atomic mass is 10.0. The number of rotatable bonds is 5. The summed E-state index contributed by atoms with van der Waals surface area (Å²) in [5.41, 5.74) is 4.23. The molecule has 0 spiro atoms. The SMILES string of the molecule is COc1ccc(C=Nc2sc3c(c2C#N)CCN(Cc2ccccc2)C3)cc1. The van der Waals surface area contributed by atoms with Crippen molar-refractivity contribution in [3.63, 3.8) is 0 Å². The van der Waals surface area contributed by atoms with Gasteiger partial charge < -0.3 is 4.74 Å². The number of fused-ring (bicyclic) bond motifs is 1. The third-order valence-corrected chi connectivity index (χ3v) is 6.05. The second kappa shape index (κ2) is 8.39. The lowest BCUT2D eigenvalue weighted by Gasteiger charge is -2.26. The van der Waals surface area contributed by atoms with Crippen molar-refractivity contribution in [1.82, 2.24) is 4.90 Å². The Bertz CT molecular complexity index is 1020. The van der Waals surface area contributed by atoms with Crippen LogP contribution in [0.25, 0.3) is 0 Å². The summed E-state index contributed by atoms with van der Waals surface area (Å²) in [6.07, 6.45) is 2.72. The predicted octanol–water partition coefficient (Wildman–Crippen LogP) is 4.94. The molecule has 4 rings (SSSR count). The molecule has 0 bridgehead atoms. The fraction of sp³-hybridized carbons (Fsp3) is 0.217. The van der Waals surface area contributed by atoms with E-state index in [4.69, 9.17) is 4.74 Å². The molecule has 0 N–H and O–H groups in total. The van der Waals surface area contributed by atoms with E-state index in [-0.39, 0.29) is 0 Å². The highest BCUT2D eigenvalue weighted by Crippen LogP contribution is 2.38. The molecule has 0 atom stereocenters. The van der Waals surface area contributed by atoms with E-state index in [1.165, 1.54) is 16.0 Å². The first-order valence-corrected chi connectivity index (χ1v) is 10.1. The van der Waals surface area contributed by atoms with Crippen LogP contribution >= 0.6 is 11.3 Å². The van der Waals surface area contributed by atoms with E-state index in [0.29, 0.717) is 0 Å². The van der Waals surface area contributed by atoms with Gasteiger partial charge in [0, 0.05) is 30.7 Å². The van der Waals surface area contributed by atoms with E-state index < -0.39 is 0 Å². The summed E-state index contributed by atoms with van der Waals surface area (Å²) in [4.78, 5) is 8.33. The molecule has 140 valence electrons. The Morgan fingerprint density at radius 3 is 2.68 bits per heavy atom. The number of hydrogen-bond donors (Lipinski definition) is 0. The van der Waals surface area contributed by atoms with Crippen LogP contribution in [0, 0.1) is 11.3 Å². The lowest BCUT2D eigenvalue weighted by molar-refractivity contribution is 0.249. The zero-order valence-corrected chi connectivity index (χ0v) is 16.6. The largest absolute Gasteiger partial charge is 0.497 e. The van der Waals surface area contributed by atoms with Crippen LogP contribution < -0.4 is 4.74 Å². The van der Waals surface area contributed by atoms with Crippen LogP contribution in [0.2, 0.25) is 0 Å². The van der Waals surface area contributed by atoms with E-state index in [2.05, 4.69) is 40.2 Å². The normalized spacial score (nSPS) is 14.0. The maximum Gasteiger partial charge on any atom is 0.134 e. The molecule has 0 unspecified atom stereocenters. The van der Waals surface area contributed by atoms with Gasteiger partial charge in [0.15, 0.2) is 0 Å². The number of nitriles is 1. The quantitative estimate of drug-likeness (QED) is 0.583. The van der Waals surface area contributed by atoms with Crippen LogP contribution in [0.3, 0.4) is 0 Å². The van der Waals surface area contributed by atoms with Crippen LogP contribution in [-0.2, 0) is 19.5 Å². The summed E-state index contributed by atoms with van der Waals surface area (Å²) in [6, 6.07) is 20.7. The van der Waals surface area contributed by atoms with Gasteiger partial charge in [0.1, 0.15) is 16.8 Å². The van der Waals surface area contributed by atoms with Crippen LogP contribution in [0.1, 0.15) is 27.1 Å². The molecule has 4 nitrogen and oxygen atoms in total. The predicted molar refractivity (Wildman–Crippen MR) is 114 cm³/mol. The molecule has 0 fully saturated rings. The molecular weight excluding hydrogens is 366 g/mol. The van der Waals surface area contributed by atoms with Crippen molar-refractivity contribution >= 4 is 22.6 Å². The molecule has 3 aromatic rings. The van der Waals surface area contributed by atoms with E-state index in [9.17, 15) is 5.26 Å². The van der Waals surface area contributed by atoms with Crippen molar-refractivity contribution in [2.75, 3.05) is 13.7 Å². The van der Waals surface area contributed by atoms with Crippen molar-refractivity contribution in [3.8, 4) is 11.8 Å². The molecule has 2 heterocycles. The average Bonchev–Trinajstić information content (AvgIpc) is 3.10. The van der Waals surface area contributed by atoms with Crippen molar-refractivity contribution in [3.05, 3.63) is 81.7 Å². The van der Waals surface area contributed by atoms with Gasteiger partial charge in [-0.2, -0.15) is 5.26 Å². The Hall–Kier alpha value is -2.94. The van der Waals surface area contributed by atoms with Gasteiger partial charge >= 0.3 is 0 Å². The van der Waals surface area contributed by atoms with Gasteiger partial charge in [-0.15, -0.1) is 11.3 Å². The lowest BCUT2D eigenvalue weighted by Crippen LogP contribution is -2.29. The van der Waals surface area contributed by atoms with E-state index in [0.717, 1.165) is 47.9 Å². The highest BCUT2D eigenvalue weighted by molar-refractivity contribution is 7.16. The standard InChI is InChI=1S/C23H21N3OS/c1-27-19-9-7-17(8-10-19)14-25-23-21(13-24)20-11-12-26(16-22(20)28-23)15-18-5-3-2-4-6-18/h2-10,14H,11-12,15-16H2,1H3. The summed E-state index contributed by atoms with van der Waals surface area (Å²) in [7, 11) is 1.65. The summed E-state index contributed by atoms with van der Waals surface area (Å²) >= 11 is 1.64. The number of aliphatic imine (C=N–C) groups is 1. The van der Waals surface area contributed by atoms with Crippen molar-refractivity contribution in [1.29, 1.82) is 5.26 Å². The maximum atomic E-state index is 9.68. The molecule has 1 aliphatic heterocycles. The highest BCUT2D eigenvalue weighted by Gasteiger charge is 2.24. The van der Waals surface area contributed by atoms with Gasteiger partial charge in [0.25, 0.3) is 0 Å². The molecular formula is C23H21N3OS. The van der Waals surface area contributed by atoms with Gasteiger partial charge in [-0.3, -0.25) is 4.90 Å². The smallest absolute Gasteiger partial charge is 0.134 e. The van der Waals surface area contributed by atoms with Gasteiger partial charge in [0.05, 0.1) is 12.7 Å². The summed E-state index contributed by atoms with van der Waals surface area (Å²) in [5, 5.41) is 10.5. The molecule has 0 amide bonds. The maximum absolute atomic E-state index is 9.68. The number of hydrogen-bond acceptors (Lipinski definition) is 5. The summed E-state index contributed by atoms with van der Waals surface area (Å²) in [6.45, 7) is 2.78. The zero-order chi connectivity index (χ0) is 19.3. The number of ether oxygens (including phenoxy) is 1. The minimum Gasteiger partial charge on any atom is -0.497 e. The first kappa shape index (κ1) is 18.4. The topological polar surface area (TPSA) is 48.6 Å². The molecule has 28 heavy (non-hydrogen) atoms. The molecule has 0 saturated carbocycles. The number of methoxy groups -OCH3 is 1. The van der Waals surface area contributed by atoms with Crippen molar-refractivity contribution < 1.29 is 4.74 Å². The number of nitrogens with zero attached hydrogens (tertiary/aromatic N) is 3. The Labute approximate surface area is 169 Å². The van der Waals surface area contributed by atoms with E-state index in [1.807, 2.05) is 36.5 Å². The molecule has 2 aromatic carbocycles. The Morgan fingerprint density at radius 1 is 1.18 bits per heavy atom. The van der Waals surface area contributed by atoms with Crippen molar-refractivity contribution in [2.45, 2.75) is 19.5 Å². The van der Waals surface area contributed by atoms with E-state index >= 15 is 0 Å². The third-order valence-electron chi connectivity index (χ3n) is 4.92. The molecule has 0 saturated heterocycles. The Balaban J connectivity index is 1.53. The van der Waals surface area contributed by atoms with Crippen LogP contribution in [0.5, 0.6) is 5.75 Å². The van der Waals surface area contributed by atoms with E-state index in [1.54, 1.807) is 18.4 Å². The first-order chi connectivity index (χ1) is 13.8. The van der Waals surface area contributed by atoms with Gasteiger partial charge in [0.2, 0.25) is 0 Å². The van der Waals surface area contributed by atoms with Gasteiger partial charge in [-0.25, -0.2) is 4.99 Å². The fourth-order valence-electron chi connectivity index (χ4n) is 3.45. The number of thiophene rings is 1. The first-order valence-electron chi connectivity index (χ1n) is 9.26.